The summed E-state index contributed by atoms with van der Waals surface area (Å²) >= 11 is 0. The smallest absolute Gasteiger partial charge is 0.332 e. The second kappa shape index (κ2) is 9.89. The number of Topliss-reactive ketones (excluding diaryl/α,β-unsaturated/α-hetero) is 1. The topological polar surface area (TPSA) is 65.5 Å². The molecule has 6 atom stereocenters. The first-order chi connectivity index (χ1) is 17.2. The lowest BCUT2D eigenvalue weighted by Gasteiger charge is -2.57. The summed E-state index contributed by atoms with van der Waals surface area (Å²) < 4.78 is 11.1. The Balaban J connectivity index is 1.22. The van der Waals surface area contributed by atoms with Gasteiger partial charge in [0.2, 0.25) is 0 Å². The average Bonchev–Trinajstić information content (AvgIpc) is 3.22. The van der Waals surface area contributed by atoms with Crippen LogP contribution >= 0.6 is 0 Å². The van der Waals surface area contributed by atoms with Crippen molar-refractivity contribution in [3.8, 4) is 0 Å². The normalized spacial score (nSPS) is 35.2. The van der Waals surface area contributed by atoms with E-state index in [2.05, 4.69) is 43.1 Å². The van der Waals surface area contributed by atoms with Gasteiger partial charge in [-0.05, 0) is 84.3 Å². The maximum absolute atomic E-state index is 12.4. The molecule has 0 N–H and O–H groups in total. The van der Waals surface area contributed by atoms with Gasteiger partial charge in [-0.3, -0.25) is 9.78 Å². The minimum absolute atomic E-state index is 0.00625. The van der Waals surface area contributed by atoms with Gasteiger partial charge in [-0.2, -0.15) is 0 Å². The van der Waals surface area contributed by atoms with Crippen LogP contribution in [-0.2, 0) is 19.1 Å². The number of carbonyl (C=O) groups is 2. The molecule has 0 amide bonds. The van der Waals surface area contributed by atoms with E-state index < -0.39 is 0 Å². The van der Waals surface area contributed by atoms with E-state index in [0.29, 0.717) is 17.8 Å². The molecule has 4 aliphatic carbocycles. The van der Waals surface area contributed by atoms with Gasteiger partial charge < -0.3 is 9.47 Å². The van der Waals surface area contributed by atoms with Crippen LogP contribution < -0.4 is 0 Å². The highest BCUT2D eigenvalue weighted by atomic mass is 16.6. The molecule has 5 heteroatoms. The van der Waals surface area contributed by atoms with Crippen LogP contribution in [0.5, 0.6) is 0 Å². The number of nitrogens with zero attached hydrogens (tertiary/aromatic N) is 1. The fraction of sp³-hybridized carbons (Fsp3) is 0.645. The predicted octanol–water partition coefficient (Wildman–Crippen LogP) is 6.19. The molecule has 194 valence electrons. The van der Waals surface area contributed by atoms with Crippen molar-refractivity contribution >= 4 is 17.3 Å². The molecule has 5 nitrogen and oxygen atoms in total. The summed E-state index contributed by atoms with van der Waals surface area (Å²) in [6.45, 7) is 8.46. The fourth-order valence-electron chi connectivity index (χ4n) is 7.89. The Morgan fingerprint density at radius 2 is 1.86 bits per heavy atom. The Labute approximate surface area is 215 Å². The number of allylic oxidation sites excluding steroid dienone is 3. The molecule has 1 aromatic rings. The SMILES string of the molecule is CC(C)C(=O)COCC(=O)O[C@H]1CC[C@@]2(C)C(=CC[C@@H]3[C@@H]2CC[C@]2(C)C(c4cccnc4)=CC[C@@H]32)C1. The molecule has 4 aliphatic rings. The first kappa shape index (κ1) is 25.4. The molecule has 36 heavy (non-hydrogen) atoms. The summed E-state index contributed by atoms with van der Waals surface area (Å²) in [5.74, 6) is 1.64. The first-order valence-corrected chi connectivity index (χ1v) is 13.8. The predicted molar refractivity (Wildman–Crippen MR) is 140 cm³/mol. The third kappa shape index (κ3) is 4.49. The number of esters is 1. The van der Waals surface area contributed by atoms with Crippen LogP contribution in [-0.4, -0.2) is 36.1 Å². The maximum Gasteiger partial charge on any atom is 0.332 e. The van der Waals surface area contributed by atoms with Crippen LogP contribution in [0.3, 0.4) is 0 Å². The number of ether oxygens (including phenoxy) is 2. The van der Waals surface area contributed by atoms with Gasteiger partial charge in [0, 0.05) is 24.7 Å². The minimum Gasteiger partial charge on any atom is -0.460 e. The number of fused-ring (bicyclic) bond motifs is 5. The standard InChI is InChI=1S/C31H41NO4/c1-20(2)28(33)18-35-19-29(34)36-23-11-13-30(3)22(16-23)7-8-24-26-10-9-25(21-6-5-15-32-17-21)31(26,4)14-12-27(24)30/h5-7,9,15,17,20,23-24,26-27H,8,10-14,16,18-19H2,1-4H3/t23-,24-,26-,27-,30-,31+/m0/s1. The highest BCUT2D eigenvalue weighted by Crippen LogP contribution is 2.66. The second-order valence-corrected chi connectivity index (χ2v) is 12.3. The minimum atomic E-state index is -0.358. The van der Waals surface area contributed by atoms with Crippen LogP contribution in [0.1, 0.15) is 78.2 Å². The molecule has 1 aromatic heterocycles. The molecule has 1 heterocycles. The lowest BCUT2D eigenvalue weighted by atomic mass is 9.47. The van der Waals surface area contributed by atoms with Crippen molar-refractivity contribution in [2.45, 2.75) is 78.7 Å². The van der Waals surface area contributed by atoms with Gasteiger partial charge in [0.05, 0.1) is 0 Å². The molecule has 0 bridgehead atoms. The van der Waals surface area contributed by atoms with E-state index in [-0.39, 0.29) is 47.8 Å². The molecule has 0 saturated heterocycles. The molecule has 0 aliphatic heterocycles. The van der Waals surface area contributed by atoms with Gasteiger partial charge >= 0.3 is 5.97 Å². The molecular formula is C31H41NO4. The summed E-state index contributed by atoms with van der Waals surface area (Å²) in [5, 5.41) is 0. The van der Waals surface area contributed by atoms with Gasteiger partial charge in [-0.15, -0.1) is 0 Å². The molecule has 2 fully saturated rings. The van der Waals surface area contributed by atoms with E-state index in [4.69, 9.17) is 9.47 Å². The summed E-state index contributed by atoms with van der Waals surface area (Å²) in [5.41, 5.74) is 4.72. The van der Waals surface area contributed by atoms with Gasteiger partial charge in [-0.1, -0.05) is 51.5 Å². The lowest BCUT2D eigenvalue weighted by molar-refractivity contribution is -0.157. The summed E-state index contributed by atoms with van der Waals surface area (Å²) in [6.07, 6.45) is 16.4. The third-order valence-electron chi connectivity index (χ3n) is 10.0. The average molecular weight is 492 g/mol. The number of aromatic nitrogens is 1. The van der Waals surface area contributed by atoms with Gasteiger partial charge in [0.25, 0.3) is 0 Å². The summed E-state index contributed by atoms with van der Waals surface area (Å²) in [4.78, 5) is 28.5. The van der Waals surface area contributed by atoms with Crippen LogP contribution in [0, 0.1) is 34.5 Å². The monoisotopic (exact) mass is 491 g/mol. The molecular weight excluding hydrogens is 450 g/mol. The number of hydrogen-bond acceptors (Lipinski definition) is 5. The summed E-state index contributed by atoms with van der Waals surface area (Å²) in [6, 6.07) is 4.27. The van der Waals surface area contributed by atoms with E-state index in [9.17, 15) is 9.59 Å². The quantitative estimate of drug-likeness (QED) is 0.336. The maximum atomic E-state index is 12.4. The molecule has 0 aromatic carbocycles. The molecule has 0 radical (unpaired) electrons. The lowest BCUT2D eigenvalue weighted by Crippen LogP contribution is -2.50. The van der Waals surface area contributed by atoms with Crippen LogP contribution in [0.25, 0.3) is 5.57 Å². The highest BCUT2D eigenvalue weighted by molar-refractivity contribution is 5.81. The number of hydrogen-bond donors (Lipinski definition) is 0. The zero-order valence-electron chi connectivity index (χ0n) is 22.3. The van der Waals surface area contributed by atoms with Crippen LogP contribution in [0.15, 0.2) is 42.3 Å². The van der Waals surface area contributed by atoms with Gasteiger partial charge in [-0.25, -0.2) is 4.79 Å². The zero-order valence-corrected chi connectivity index (χ0v) is 22.3. The van der Waals surface area contributed by atoms with Gasteiger partial charge in [0.1, 0.15) is 19.3 Å². The highest BCUT2D eigenvalue weighted by Gasteiger charge is 2.57. The Morgan fingerprint density at radius 1 is 1.06 bits per heavy atom. The van der Waals surface area contributed by atoms with Crippen molar-refractivity contribution in [3.63, 3.8) is 0 Å². The third-order valence-corrected chi connectivity index (χ3v) is 10.0. The Hall–Kier alpha value is -2.27. The van der Waals surface area contributed by atoms with Crippen LogP contribution in [0.4, 0.5) is 0 Å². The Kier molecular flexibility index (Phi) is 6.97. The second-order valence-electron chi connectivity index (χ2n) is 12.3. The molecule has 0 spiro atoms. The van der Waals surface area contributed by atoms with E-state index in [1.807, 2.05) is 26.2 Å². The van der Waals surface area contributed by atoms with Crippen molar-refractivity contribution < 1.29 is 19.1 Å². The number of rotatable bonds is 7. The van der Waals surface area contributed by atoms with Crippen molar-refractivity contribution in [3.05, 3.63) is 47.8 Å². The number of ketones is 1. The molecule has 0 unspecified atom stereocenters. The van der Waals surface area contributed by atoms with E-state index >= 15 is 0 Å². The number of carbonyl (C=O) groups excluding carboxylic acids is 2. The van der Waals surface area contributed by atoms with Crippen molar-refractivity contribution in [2.75, 3.05) is 13.2 Å². The zero-order chi connectivity index (χ0) is 25.5. The van der Waals surface area contributed by atoms with E-state index in [1.54, 1.807) is 0 Å². The van der Waals surface area contributed by atoms with Crippen LogP contribution in [0.2, 0.25) is 0 Å². The Bertz CT molecular complexity index is 1060. The number of pyridine rings is 1. The molecule has 5 rings (SSSR count). The van der Waals surface area contributed by atoms with E-state index in [0.717, 1.165) is 25.7 Å². The van der Waals surface area contributed by atoms with Gasteiger partial charge in [0.15, 0.2) is 5.78 Å². The van der Waals surface area contributed by atoms with Crippen molar-refractivity contribution in [1.29, 1.82) is 0 Å². The Morgan fingerprint density at radius 3 is 2.61 bits per heavy atom. The van der Waals surface area contributed by atoms with Crippen molar-refractivity contribution in [1.82, 2.24) is 4.98 Å². The first-order valence-electron chi connectivity index (χ1n) is 13.8. The van der Waals surface area contributed by atoms with Crippen molar-refractivity contribution in [2.24, 2.45) is 34.5 Å². The van der Waals surface area contributed by atoms with E-state index in [1.165, 1.54) is 36.0 Å². The largest absolute Gasteiger partial charge is 0.460 e. The molecule has 2 saturated carbocycles. The summed E-state index contributed by atoms with van der Waals surface area (Å²) in [7, 11) is 0. The fourth-order valence-corrected chi connectivity index (χ4v) is 7.89.